The van der Waals surface area contributed by atoms with Crippen LogP contribution in [0.2, 0.25) is 0 Å². The van der Waals surface area contributed by atoms with Crippen molar-refractivity contribution in [2.24, 2.45) is 7.05 Å². The number of ether oxygens (including phenoxy) is 2. The number of hydrogen-bond donors (Lipinski definition) is 1. The van der Waals surface area contributed by atoms with Gasteiger partial charge in [0, 0.05) is 12.6 Å². The Morgan fingerprint density at radius 3 is 2.73 bits per heavy atom. The van der Waals surface area contributed by atoms with Gasteiger partial charge >= 0.3 is 6.09 Å². The minimum Gasteiger partial charge on any atom is -0.489 e. The maximum atomic E-state index is 12.2. The third kappa shape index (κ3) is 5.92. The van der Waals surface area contributed by atoms with Crippen molar-refractivity contribution in [3.8, 4) is 17.0 Å². The Balaban J connectivity index is 1.38. The molecule has 7 heteroatoms. The van der Waals surface area contributed by atoms with Crippen LogP contribution in [0.1, 0.15) is 54.6 Å². The fourth-order valence-corrected chi connectivity index (χ4v) is 4.23. The summed E-state index contributed by atoms with van der Waals surface area (Å²) in [5.41, 5.74) is 5.50. The molecule has 1 saturated carbocycles. The molecule has 1 aromatic carbocycles. The van der Waals surface area contributed by atoms with Crippen LogP contribution < -0.4 is 10.1 Å². The fourth-order valence-electron chi connectivity index (χ4n) is 4.23. The zero-order valence-corrected chi connectivity index (χ0v) is 19.6. The molecular weight excluding hydrogens is 416 g/mol. The molecule has 2 aromatic heterocycles. The van der Waals surface area contributed by atoms with Crippen LogP contribution in [0.25, 0.3) is 11.3 Å². The lowest BCUT2D eigenvalue weighted by molar-refractivity contribution is 0.139. The van der Waals surface area contributed by atoms with Gasteiger partial charge in [0.25, 0.3) is 0 Å². The van der Waals surface area contributed by atoms with E-state index in [2.05, 4.69) is 10.4 Å². The molecule has 0 radical (unpaired) electrons. The Bertz CT molecular complexity index is 1100. The Kier molecular flexibility index (Phi) is 7.27. The van der Waals surface area contributed by atoms with E-state index in [4.69, 9.17) is 14.5 Å². The summed E-state index contributed by atoms with van der Waals surface area (Å²) in [7, 11) is 1.85. The van der Waals surface area contributed by atoms with E-state index < -0.39 is 6.09 Å². The molecule has 0 bridgehead atoms. The van der Waals surface area contributed by atoms with Crippen molar-refractivity contribution in [3.63, 3.8) is 0 Å². The first-order valence-electron chi connectivity index (χ1n) is 11.6. The average Bonchev–Trinajstić information content (AvgIpc) is 3.18. The minimum atomic E-state index is -0.468. The van der Waals surface area contributed by atoms with Gasteiger partial charge in [-0.2, -0.15) is 5.10 Å². The number of nitrogens with zero attached hydrogens (tertiary/aromatic N) is 3. The summed E-state index contributed by atoms with van der Waals surface area (Å²) in [6.45, 7) is 4.50. The molecule has 1 aliphatic carbocycles. The summed E-state index contributed by atoms with van der Waals surface area (Å²) >= 11 is 0. The van der Waals surface area contributed by atoms with Crippen molar-refractivity contribution in [1.82, 2.24) is 20.1 Å². The molecule has 4 rings (SSSR count). The molecule has 7 nitrogen and oxygen atoms in total. The molecule has 33 heavy (non-hydrogen) atoms. The summed E-state index contributed by atoms with van der Waals surface area (Å²) in [6.07, 6.45) is 7.58. The van der Waals surface area contributed by atoms with Gasteiger partial charge in [-0.1, -0.05) is 36.2 Å². The van der Waals surface area contributed by atoms with E-state index in [9.17, 15) is 4.79 Å². The molecule has 1 aliphatic rings. The van der Waals surface area contributed by atoms with E-state index in [0.717, 1.165) is 52.4 Å². The number of carbonyl (C=O) groups is 1. The summed E-state index contributed by atoms with van der Waals surface area (Å²) in [5, 5.41) is 7.20. The largest absolute Gasteiger partial charge is 0.489 e. The summed E-state index contributed by atoms with van der Waals surface area (Å²) in [5.74, 6) is 0.842. The van der Waals surface area contributed by atoms with Crippen LogP contribution in [0, 0.1) is 13.8 Å². The maximum absolute atomic E-state index is 12.2. The Morgan fingerprint density at radius 2 is 1.97 bits per heavy atom. The quantitative estimate of drug-likeness (QED) is 0.535. The van der Waals surface area contributed by atoms with Crippen LogP contribution >= 0.6 is 0 Å². The standard InChI is InChI=1S/C26H32N4O3/c1-18-8-7-9-20(14-18)17-32-26(31)27-16-24-22(15-28-30(24)3)23-12-13-25(19(2)29-23)33-21-10-5-4-6-11-21/h7-9,12-15,21H,4-6,10-11,16-17H2,1-3H3,(H,27,31). The van der Waals surface area contributed by atoms with Crippen LogP contribution in [0.5, 0.6) is 5.75 Å². The van der Waals surface area contributed by atoms with E-state index in [1.54, 1.807) is 10.9 Å². The van der Waals surface area contributed by atoms with Crippen LogP contribution in [0.3, 0.4) is 0 Å². The van der Waals surface area contributed by atoms with Gasteiger partial charge in [0.05, 0.1) is 35.9 Å². The molecule has 2 heterocycles. The summed E-state index contributed by atoms with van der Waals surface area (Å²) < 4.78 is 13.3. The highest BCUT2D eigenvalue weighted by Gasteiger charge is 2.18. The number of alkyl carbamates (subject to hydrolysis) is 1. The van der Waals surface area contributed by atoms with Crippen molar-refractivity contribution >= 4 is 6.09 Å². The van der Waals surface area contributed by atoms with Gasteiger partial charge < -0.3 is 14.8 Å². The molecule has 3 aromatic rings. The highest BCUT2D eigenvalue weighted by molar-refractivity contribution is 5.68. The van der Waals surface area contributed by atoms with Crippen molar-refractivity contribution in [2.45, 2.75) is 65.2 Å². The third-order valence-electron chi connectivity index (χ3n) is 6.07. The molecule has 1 fully saturated rings. The van der Waals surface area contributed by atoms with Crippen LogP contribution in [-0.2, 0) is 24.9 Å². The number of rotatable bonds is 7. The SMILES string of the molecule is Cc1cccc(COC(=O)NCc2c(-c3ccc(OC4CCCCC4)c(C)n3)cnn2C)c1. The van der Waals surface area contributed by atoms with Crippen molar-refractivity contribution in [1.29, 1.82) is 0 Å². The van der Waals surface area contributed by atoms with Gasteiger partial charge in [0.2, 0.25) is 0 Å². The number of aromatic nitrogens is 3. The smallest absolute Gasteiger partial charge is 0.407 e. The van der Waals surface area contributed by atoms with Crippen molar-refractivity contribution < 1.29 is 14.3 Å². The third-order valence-corrected chi connectivity index (χ3v) is 6.07. The lowest BCUT2D eigenvalue weighted by atomic mass is 9.98. The van der Waals surface area contributed by atoms with E-state index in [-0.39, 0.29) is 12.7 Å². The van der Waals surface area contributed by atoms with E-state index in [1.165, 1.54) is 19.3 Å². The predicted molar refractivity (Wildman–Crippen MR) is 127 cm³/mol. The molecule has 0 unspecified atom stereocenters. The topological polar surface area (TPSA) is 78.3 Å². The van der Waals surface area contributed by atoms with Crippen LogP contribution in [0.4, 0.5) is 4.79 Å². The molecule has 0 aliphatic heterocycles. The fraction of sp³-hybridized carbons (Fsp3) is 0.423. The monoisotopic (exact) mass is 448 g/mol. The number of carbonyl (C=O) groups excluding carboxylic acids is 1. The van der Waals surface area contributed by atoms with Gasteiger partial charge in [0.15, 0.2) is 0 Å². The van der Waals surface area contributed by atoms with Gasteiger partial charge in [-0.15, -0.1) is 0 Å². The van der Waals surface area contributed by atoms with Gasteiger partial charge in [-0.3, -0.25) is 4.68 Å². The van der Waals surface area contributed by atoms with Crippen molar-refractivity contribution in [3.05, 3.63) is 65.1 Å². The van der Waals surface area contributed by atoms with Crippen LogP contribution in [-0.4, -0.2) is 27.0 Å². The number of amides is 1. The lowest BCUT2D eigenvalue weighted by Crippen LogP contribution is -2.25. The Labute approximate surface area is 195 Å². The first kappa shape index (κ1) is 22.8. The normalized spacial score (nSPS) is 14.2. The van der Waals surface area contributed by atoms with E-state index in [1.807, 2.05) is 57.3 Å². The predicted octanol–water partition coefficient (Wildman–Crippen LogP) is 5.24. The second kappa shape index (κ2) is 10.5. The van der Waals surface area contributed by atoms with Crippen molar-refractivity contribution in [2.75, 3.05) is 0 Å². The number of benzene rings is 1. The number of aryl methyl sites for hydroxylation is 3. The second-order valence-electron chi connectivity index (χ2n) is 8.71. The molecule has 0 saturated heterocycles. The first-order chi connectivity index (χ1) is 16.0. The minimum absolute atomic E-state index is 0.231. The number of nitrogens with one attached hydrogen (secondary N) is 1. The Morgan fingerprint density at radius 1 is 1.15 bits per heavy atom. The number of hydrogen-bond acceptors (Lipinski definition) is 5. The van der Waals surface area contributed by atoms with E-state index >= 15 is 0 Å². The molecule has 1 amide bonds. The number of pyridine rings is 1. The maximum Gasteiger partial charge on any atom is 0.407 e. The highest BCUT2D eigenvalue weighted by Crippen LogP contribution is 2.28. The molecule has 174 valence electrons. The van der Waals surface area contributed by atoms with Crippen LogP contribution in [0.15, 0.2) is 42.6 Å². The Hall–Kier alpha value is -3.35. The molecular formula is C26H32N4O3. The highest BCUT2D eigenvalue weighted by atomic mass is 16.5. The molecule has 0 spiro atoms. The zero-order chi connectivity index (χ0) is 23.2. The summed E-state index contributed by atoms with van der Waals surface area (Å²) in [4.78, 5) is 17.0. The van der Waals surface area contributed by atoms with Gasteiger partial charge in [-0.25, -0.2) is 9.78 Å². The average molecular weight is 449 g/mol. The first-order valence-corrected chi connectivity index (χ1v) is 11.6. The second-order valence-corrected chi connectivity index (χ2v) is 8.71. The van der Waals surface area contributed by atoms with Gasteiger partial charge in [-0.05, 0) is 57.2 Å². The molecule has 1 N–H and O–H groups in total. The van der Waals surface area contributed by atoms with Gasteiger partial charge in [0.1, 0.15) is 12.4 Å². The van der Waals surface area contributed by atoms with E-state index in [0.29, 0.717) is 6.54 Å². The summed E-state index contributed by atoms with van der Waals surface area (Å²) in [6, 6.07) is 11.9. The zero-order valence-electron chi connectivity index (χ0n) is 19.6. The molecule has 0 atom stereocenters. The lowest BCUT2D eigenvalue weighted by Gasteiger charge is -2.23.